The topological polar surface area (TPSA) is 118 Å². The number of rotatable bonds is 4. The van der Waals surface area contributed by atoms with Gasteiger partial charge in [-0.25, -0.2) is 18.6 Å². The second-order valence-electron chi connectivity index (χ2n) is 3.86. The standard InChI is InChI=1S/C10H10IN5O3S2/c1-6(17)16(8-4-2-7(11)3-5-8)15-9-13-14-10(20-9)21(12,18)19/h2-5H,1H3,(H,13,15)(H2,12,18,19). The van der Waals surface area contributed by atoms with E-state index in [0.717, 1.165) is 14.9 Å². The first-order valence-corrected chi connectivity index (χ1v) is 8.91. The first-order chi connectivity index (χ1) is 9.77. The lowest BCUT2D eigenvalue weighted by atomic mass is 10.3. The lowest BCUT2D eigenvalue weighted by molar-refractivity contribution is -0.116. The van der Waals surface area contributed by atoms with Gasteiger partial charge in [-0.1, -0.05) is 11.3 Å². The molecule has 11 heteroatoms. The molecule has 2 aromatic rings. The van der Waals surface area contributed by atoms with Crippen molar-refractivity contribution in [3.8, 4) is 0 Å². The van der Waals surface area contributed by atoms with E-state index >= 15 is 0 Å². The Balaban J connectivity index is 2.27. The smallest absolute Gasteiger partial charge is 0.267 e. The van der Waals surface area contributed by atoms with Crippen LogP contribution in [-0.2, 0) is 14.8 Å². The number of hydrogen-bond acceptors (Lipinski definition) is 7. The predicted molar refractivity (Wildman–Crippen MR) is 87.2 cm³/mol. The van der Waals surface area contributed by atoms with Crippen molar-refractivity contribution < 1.29 is 13.2 Å². The number of hydrogen-bond donors (Lipinski definition) is 2. The quantitative estimate of drug-likeness (QED) is 0.546. The monoisotopic (exact) mass is 439 g/mol. The van der Waals surface area contributed by atoms with Crippen LogP contribution < -0.4 is 15.6 Å². The van der Waals surface area contributed by atoms with Crippen molar-refractivity contribution >= 4 is 60.7 Å². The van der Waals surface area contributed by atoms with Crippen molar-refractivity contribution in [2.45, 2.75) is 11.3 Å². The van der Waals surface area contributed by atoms with Gasteiger partial charge in [0.2, 0.25) is 15.4 Å². The summed E-state index contributed by atoms with van der Waals surface area (Å²) in [6.07, 6.45) is 0. The fourth-order valence-electron chi connectivity index (χ4n) is 1.38. The molecule has 2 rings (SSSR count). The van der Waals surface area contributed by atoms with Crippen LogP contribution in [0.2, 0.25) is 0 Å². The zero-order valence-electron chi connectivity index (χ0n) is 10.6. The lowest BCUT2D eigenvalue weighted by Gasteiger charge is -2.20. The molecule has 112 valence electrons. The zero-order chi connectivity index (χ0) is 15.6. The third-order valence-electron chi connectivity index (χ3n) is 2.26. The molecule has 0 unspecified atom stereocenters. The number of nitrogens with zero attached hydrogens (tertiary/aromatic N) is 3. The minimum Gasteiger partial charge on any atom is -0.273 e. The summed E-state index contributed by atoms with van der Waals surface area (Å²) in [6.45, 7) is 1.37. The van der Waals surface area contributed by atoms with Gasteiger partial charge in [-0.2, -0.15) is 0 Å². The normalized spacial score (nSPS) is 11.2. The number of amides is 1. The largest absolute Gasteiger partial charge is 0.273 e. The van der Waals surface area contributed by atoms with Crippen LogP contribution in [0.4, 0.5) is 10.8 Å². The molecule has 1 aromatic heterocycles. The minimum absolute atomic E-state index is 0.146. The fourth-order valence-corrected chi connectivity index (χ4v) is 3.06. The van der Waals surface area contributed by atoms with Gasteiger partial charge in [0.25, 0.3) is 10.0 Å². The number of nitrogens with one attached hydrogen (secondary N) is 1. The summed E-state index contributed by atoms with van der Waals surface area (Å²) in [5.74, 6) is -0.288. The van der Waals surface area contributed by atoms with Crippen LogP contribution in [-0.4, -0.2) is 24.5 Å². The maximum absolute atomic E-state index is 11.7. The van der Waals surface area contributed by atoms with Crippen molar-refractivity contribution in [1.82, 2.24) is 10.2 Å². The Labute approximate surface area is 138 Å². The Morgan fingerprint density at radius 3 is 2.43 bits per heavy atom. The number of anilines is 2. The number of sulfonamides is 1. The van der Waals surface area contributed by atoms with Crippen LogP contribution in [0.1, 0.15) is 6.92 Å². The fraction of sp³-hybridized carbons (Fsp3) is 0.100. The van der Waals surface area contributed by atoms with Gasteiger partial charge in [0.1, 0.15) is 0 Å². The molecule has 1 heterocycles. The summed E-state index contributed by atoms with van der Waals surface area (Å²) in [7, 11) is -3.91. The van der Waals surface area contributed by atoms with Gasteiger partial charge >= 0.3 is 0 Å². The van der Waals surface area contributed by atoms with E-state index in [2.05, 4.69) is 38.2 Å². The predicted octanol–water partition coefficient (Wildman–Crippen LogP) is 1.17. The molecule has 0 saturated heterocycles. The van der Waals surface area contributed by atoms with E-state index in [4.69, 9.17) is 5.14 Å². The van der Waals surface area contributed by atoms with Crippen LogP contribution in [0.15, 0.2) is 28.6 Å². The van der Waals surface area contributed by atoms with Gasteiger partial charge in [0.15, 0.2) is 0 Å². The number of halogens is 1. The maximum atomic E-state index is 11.7. The van der Waals surface area contributed by atoms with Gasteiger partial charge in [-0.3, -0.25) is 10.2 Å². The molecule has 0 saturated carbocycles. The number of carbonyl (C=O) groups excluding carboxylic acids is 1. The number of carbonyl (C=O) groups is 1. The summed E-state index contributed by atoms with van der Waals surface area (Å²) in [4.78, 5) is 11.7. The highest BCUT2D eigenvalue weighted by Gasteiger charge is 2.18. The van der Waals surface area contributed by atoms with E-state index in [0.29, 0.717) is 5.69 Å². The van der Waals surface area contributed by atoms with E-state index in [1.54, 1.807) is 12.1 Å². The Morgan fingerprint density at radius 2 is 1.95 bits per heavy atom. The summed E-state index contributed by atoms with van der Waals surface area (Å²) in [5, 5.41) is 13.5. The average Bonchev–Trinajstić information content (AvgIpc) is 2.85. The van der Waals surface area contributed by atoms with Crippen LogP contribution in [0.3, 0.4) is 0 Å². The van der Waals surface area contributed by atoms with Gasteiger partial charge in [-0.05, 0) is 46.9 Å². The first kappa shape index (κ1) is 16.1. The van der Waals surface area contributed by atoms with Crippen LogP contribution in [0.25, 0.3) is 0 Å². The highest BCUT2D eigenvalue weighted by molar-refractivity contribution is 14.1. The van der Waals surface area contributed by atoms with Gasteiger partial charge < -0.3 is 0 Å². The average molecular weight is 439 g/mol. The Hall–Kier alpha value is -1.31. The minimum atomic E-state index is -3.91. The Kier molecular flexibility index (Phi) is 4.75. The number of primary sulfonamides is 1. The van der Waals surface area contributed by atoms with Crippen LogP contribution in [0.5, 0.6) is 0 Å². The second-order valence-corrected chi connectivity index (χ2v) is 7.82. The van der Waals surface area contributed by atoms with Crippen LogP contribution >= 0.6 is 33.9 Å². The van der Waals surface area contributed by atoms with Crippen LogP contribution in [0, 0.1) is 3.57 Å². The molecule has 0 spiro atoms. The summed E-state index contributed by atoms with van der Waals surface area (Å²) in [6, 6.07) is 7.17. The molecule has 21 heavy (non-hydrogen) atoms. The highest BCUT2D eigenvalue weighted by Crippen LogP contribution is 2.22. The molecule has 3 N–H and O–H groups in total. The number of hydrazine groups is 1. The summed E-state index contributed by atoms with van der Waals surface area (Å²) >= 11 is 2.89. The van der Waals surface area contributed by atoms with Gasteiger partial charge in [0.05, 0.1) is 5.69 Å². The number of benzene rings is 1. The molecule has 0 atom stereocenters. The van der Waals surface area contributed by atoms with E-state index in [-0.39, 0.29) is 15.4 Å². The molecule has 1 amide bonds. The zero-order valence-corrected chi connectivity index (χ0v) is 14.4. The van der Waals surface area contributed by atoms with Gasteiger partial charge in [-0.15, -0.1) is 10.2 Å². The number of aromatic nitrogens is 2. The molecule has 0 bridgehead atoms. The summed E-state index contributed by atoms with van der Waals surface area (Å²) < 4.78 is 23.0. The van der Waals surface area contributed by atoms with Crippen molar-refractivity contribution in [1.29, 1.82) is 0 Å². The third kappa shape index (κ3) is 4.09. The third-order valence-corrected chi connectivity index (χ3v) is 5.11. The molecule has 0 aliphatic carbocycles. The molecule has 0 fully saturated rings. The second kappa shape index (κ2) is 6.21. The molecular weight excluding hydrogens is 429 g/mol. The van der Waals surface area contributed by atoms with E-state index in [9.17, 15) is 13.2 Å². The van der Waals surface area contributed by atoms with Crippen molar-refractivity contribution in [2.24, 2.45) is 5.14 Å². The maximum Gasteiger partial charge on any atom is 0.267 e. The van der Waals surface area contributed by atoms with E-state index in [1.165, 1.54) is 11.9 Å². The van der Waals surface area contributed by atoms with Crippen molar-refractivity contribution in [3.63, 3.8) is 0 Å². The highest BCUT2D eigenvalue weighted by atomic mass is 127. The molecule has 0 aliphatic rings. The van der Waals surface area contributed by atoms with E-state index in [1.807, 2.05) is 12.1 Å². The molecular formula is C10H10IN5O3S2. The van der Waals surface area contributed by atoms with Crippen molar-refractivity contribution in [3.05, 3.63) is 27.8 Å². The van der Waals surface area contributed by atoms with Gasteiger partial charge in [0, 0.05) is 10.5 Å². The van der Waals surface area contributed by atoms with Crippen molar-refractivity contribution in [2.75, 3.05) is 10.4 Å². The van der Waals surface area contributed by atoms with E-state index < -0.39 is 10.0 Å². The number of nitrogens with two attached hydrogens (primary N) is 1. The molecule has 1 aromatic carbocycles. The SMILES string of the molecule is CC(=O)N(Nc1nnc(S(N)(=O)=O)s1)c1ccc(I)cc1. The Morgan fingerprint density at radius 1 is 1.33 bits per heavy atom. The summed E-state index contributed by atoms with van der Waals surface area (Å²) in [5.41, 5.74) is 3.31. The first-order valence-electron chi connectivity index (χ1n) is 5.46. The molecule has 0 aliphatic heterocycles. The molecule has 0 radical (unpaired) electrons. The Bertz CT molecular complexity index is 759. The lowest BCUT2D eigenvalue weighted by Crippen LogP contribution is -2.34. The molecule has 8 nitrogen and oxygen atoms in total.